The molecule has 0 unspecified atom stereocenters. The third kappa shape index (κ3) is 3.33. The molecule has 168 valence electrons. The number of rotatable bonds is 3. The molecular weight excluding hydrogens is 396 g/mol. The molecule has 1 aromatic rings. The minimum Gasteiger partial charge on any atom is -0.461 e. The van der Waals surface area contributed by atoms with Crippen LogP contribution in [0.25, 0.3) is 0 Å². The maximum absolute atomic E-state index is 12.8. The van der Waals surface area contributed by atoms with E-state index in [-0.39, 0.29) is 35.2 Å². The fraction of sp³-hybridized carbons (Fsp3) is 0.667. The molecule has 3 heterocycles. The molecule has 2 aliphatic heterocycles. The fourth-order valence-electron chi connectivity index (χ4n) is 6.24. The van der Waals surface area contributed by atoms with Crippen LogP contribution in [0.15, 0.2) is 34.5 Å². The average Bonchev–Trinajstić information content (AvgIpc) is 3.39. The molecular formula is C24H32N2O5. The summed E-state index contributed by atoms with van der Waals surface area (Å²) in [7, 11) is 0. The van der Waals surface area contributed by atoms with Crippen LogP contribution in [0.1, 0.15) is 43.7 Å². The SMILES string of the molecule is C[C@@H]1CCC=C2C[C@H]3OC(=O)[C@H](CN4CCN(C(=O)c5ccco5)CC4)[C@@H]3[C@H](O)[C@@]21C. The smallest absolute Gasteiger partial charge is 0.311 e. The number of aliphatic hydroxyl groups is 1. The van der Waals surface area contributed by atoms with E-state index in [0.29, 0.717) is 44.4 Å². The quantitative estimate of drug-likeness (QED) is 0.588. The van der Waals surface area contributed by atoms with Crippen molar-refractivity contribution in [3.05, 3.63) is 35.8 Å². The van der Waals surface area contributed by atoms with E-state index in [9.17, 15) is 14.7 Å². The second-order valence-corrected chi connectivity index (χ2v) is 9.87. The van der Waals surface area contributed by atoms with Crippen LogP contribution >= 0.6 is 0 Å². The maximum Gasteiger partial charge on any atom is 0.311 e. The standard InChI is InChI=1S/C24H32N2O5/c1-15-5-3-6-16-13-19-20(21(27)24(15,16)2)17(23(29)31-19)14-25-8-10-26(11-9-25)22(28)18-7-4-12-30-18/h4,6-7,12,15,17,19-21,27H,3,5,8-11,13-14H2,1-2H3/t15-,17-,19-,20+,21+,24-/m1/s1. The number of nitrogens with zero attached hydrogens (tertiary/aromatic N) is 2. The first-order valence-corrected chi connectivity index (χ1v) is 11.5. The number of furan rings is 1. The highest BCUT2D eigenvalue weighted by atomic mass is 16.6. The third-order valence-corrected chi connectivity index (χ3v) is 8.42. The zero-order valence-corrected chi connectivity index (χ0v) is 18.3. The molecule has 3 fully saturated rings. The summed E-state index contributed by atoms with van der Waals surface area (Å²) in [6.45, 7) is 7.55. The number of fused-ring (bicyclic) bond motifs is 2. The Hall–Kier alpha value is -2.12. The van der Waals surface area contributed by atoms with E-state index >= 15 is 0 Å². The van der Waals surface area contributed by atoms with Gasteiger partial charge in [-0.05, 0) is 30.9 Å². The van der Waals surface area contributed by atoms with Crippen LogP contribution in [-0.4, -0.2) is 71.7 Å². The lowest BCUT2D eigenvalue weighted by atomic mass is 9.55. The average molecular weight is 429 g/mol. The predicted molar refractivity (Wildman–Crippen MR) is 113 cm³/mol. The van der Waals surface area contributed by atoms with Gasteiger partial charge < -0.3 is 19.2 Å². The van der Waals surface area contributed by atoms with Crippen molar-refractivity contribution in [2.75, 3.05) is 32.7 Å². The summed E-state index contributed by atoms with van der Waals surface area (Å²) in [6.07, 6.45) is 5.82. The first kappa shape index (κ1) is 20.8. The Morgan fingerprint density at radius 1 is 1.29 bits per heavy atom. The molecule has 7 nitrogen and oxygen atoms in total. The van der Waals surface area contributed by atoms with Gasteiger partial charge in [-0.3, -0.25) is 14.5 Å². The van der Waals surface area contributed by atoms with Crippen LogP contribution in [0, 0.1) is 23.2 Å². The molecule has 5 rings (SSSR count). The number of amides is 1. The van der Waals surface area contributed by atoms with Crippen LogP contribution in [0.5, 0.6) is 0 Å². The van der Waals surface area contributed by atoms with Gasteiger partial charge in [0, 0.05) is 50.5 Å². The van der Waals surface area contributed by atoms with Gasteiger partial charge in [-0.2, -0.15) is 0 Å². The summed E-state index contributed by atoms with van der Waals surface area (Å²) in [5.74, 6) is -0.0154. The summed E-state index contributed by atoms with van der Waals surface area (Å²) in [4.78, 5) is 29.3. The lowest BCUT2D eigenvalue weighted by molar-refractivity contribution is -0.145. The first-order valence-electron chi connectivity index (χ1n) is 11.5. The van der Waals surface area contributed by atoms with Gasteiger partial charge in [-0.1, -0.05) is 25.5 Å². The highest BCUT2D eigenvalue weighted by Gasteiger charge is 2.59. The van der Waals surface area contributed by atoms with Crippen LogP contribution in [-0.2, 0) is 9.53 Å². The Morgan fingerprint density at radius 3 is 2.77 bits per heavy atom. The van der Waals surface area contributed by atoms with Crippen molar-refractivity contribution in [1.29, 1.82) is 0 Å². The zero-order valence-electron chi connectivity index (χ0n) is 18.3. The van der Waals surface area contributed by atoms with Gasteiger partial charge in [-0.25, -0.2) is 0 Å². The van der Waals surface area contributed by atoms with Crippen molar-refractivity contribution in [2.24, 2.45) is 23.2 Å². The van der Waals surface area contributed by atoms with Crippen molar-refractivity contribution >= 4 is 11.9 Å². The fourth-order valence-corrected chi connectivity index (χ4v) is 6.24. The van der Waals surface area contributed by atoms with E-state index in [1.165, 1.54) is 11.8 Å². The Kier molecular flexibility index (Phi) is 5.21. The van der Waals surface area contributed by atoms with Crippen LogP contribution in [0.3, 0.4) is 0 Å². The van der Waals surface area contributed by atoms with Gasteiger partial charge in [-0.15, -0.1) is 0 Å². The summed E-state index contributed by atoms with van der Waals surface area (Å²) >= 11 is 0. The summed E-state index contributed by atoms with van der Waals surface area (Å²) < 4.78 is 11.0. The summed E-state index contributed by atoms with van der Waals surface area (Å²) in [6, 6.07) is 3.40. The molecule has 0 spiro atoms. The second-order valence-electron chi connectivity index (χ2n) is 9.87. The Morgan fingerprint density at radius 2 is 2.06 bits per heavy atom. The monoisotopic (exact) mass is 428 g/mol. The maximum atomic E-state index is 12.8. The number of hydrogen-bond acceptors (Lipinski definition) is 6. The van der Waals surface area contributed by atoms with Gasteiger partial charge in [0.05, 0.1) is 18.3 Å². The molecule has 1 aromatic heterocycles. The van der Waals surface area contributed by atoms with Gasteiger partial charge in [0.15, 0.2) is 5.76 Å². The number of carbonyl (C=O) groups is 2. The van der Waals surface area contributed by atoms with Gasteiger partial charge >= 0.3 is 5.97 Å². The molecule has 0 radical (unpaired) electrons. The largest absolute Gasteiger partial charge is 0.461 e. The van der Waals surface area contributed by atoms with Gasteiger partial charge in [0.2, 0.25) is 0 Å². The van der Waals surface area contributed by atoms with E-state index in [0.717, 1.165) is 19.3 Å². The van der Waals surface area contributed by atoms with E-state index in [1.807, 2.05) is 0 Å². The normalized spacial score (nSPS) is 38.3. The zero-order chi connectivity index (χ0) is 21.8. The number of carbonyl (C=O) groups excluding carboxylic acids is 2. The summed E-state index contributed by atoms with van der Waals surface area (Å²) in [5.41, 5.74) is 0.985. The van der Waals surface area contributed by atoms with Crippen molar-refractivity contribution < 1.29 is 23.8 Å². The number of ether oxygens (including phenoxy) is 1. The minimum absolute atomic E-state index is 0.0915. The Labute approximate surface area is 183 Å². The molecule has 1 saturated carbocycles. The molecule has 1 N–H and O–H groups in total. The van der Waals surface area contributed by atoms with Crippen molar-refractivity contribution in [3.8, 4) is 0 Å². The Bertz CT molecular complexity index is 873. The van der Waals surface area contributed by atoms with E-state index in [4.69, 9.17) is 9.15 Å². The molecule has 2 saturated heterocycles. The number of hydrogen-bond donors (Lipinski definition) is 1. The topological polar surface area (TPSA) is 83.2 Å². The van der Waals surface area contributed by atoms with E-state index in [1.54, 1.807) is 17.0 Å². The van der Waals surface area contributed by atoms with Crippen molar-refractivity contribution in [2.45, 2.75) is 45.3 Å². The van der Waals surface area contributed by atoms with Gasteiger partial charge in [0.25, 0.3) is 5.91 Å². The number of piperazine rings is 1. The molecule has 4 aliphatic rings. The highest BCUT2D eigenvalue weighted by molar-refractivity contribution is 5.91. The number of aliphatic hydroxyl groups excluding tert-OH is 1. The molecule has 0 aromatic carbocycles. The van der Waals surface area contributed by atoms with Crippen molar-refractivity contribution in [3.63, 3.8) is 0 Å². The highest BCUT2D eigenvalue weighted by Crippen LogP contribution is 2.56. The lowest BCUT2D eigenvalue weighted by Gasteiger charge is -2.52. The van der Waals surface area contributed by atoms with E-state index < -0.39 is 6.10 Å². The minimum atomic E-state index is -0.578. The molecule has 1 amide bonds. The number of allylic oxidation sites excluding steroid dienone is 1. The van der Waals surface area contributed by atoms with Gasteiger partial charge in [0.1, 0.15) is 6.10 Å². The van der Waals surface area contributed by atoms with Crippen LogP contribution in [0.4, 0.5) is 0 Å². The summed E-state index contributed by atoms with van der Waals surface area (Å²) in [5, 5.41) is 11.5. The second kappa shape index (κ2) is 7.78. The predicted octanol–water partition coefficient (Wildman–Crippen LogP) is 2.32. The Balaban J connectivity index is 1.26. The number of esters is 1. The van der Waals surface area contributed by atoms with Crippen molar-refractivity contribution in [1.82, 2.24) is 9.80 Å². The van der Waals surface area contributed by atoms with Crippen LogP contribution < -0.4 is 0 Å². The molecule has 2 aliphatic carbocycles. The molecule has 6 atom stereocenters. The lowest BCUT2D eigenvalue weighted by Crippen LogP contribution is -2.55. The molecule has 31 heavy (non-hydrogen) atoms. The van der Waals surface area contributed by atoms with Crippen LogP contribution in [0.2, 0.25) is 0 Å². The van der Waals surface area contributed by atoms with E-state index in [2.05, 4.69) is 24.8 Å². The molecule has 0 bridgehead atoms. The third-order valence-electron chi connectivity index (χ3n) is 8.42. The first-order chi connectivity index (χ1) is 14.9. The molecule has 7 heteroatoms.